The van der Waals surface area contributed by atoms with Crippen molar-refractivity contribution >= 4 is 27.2 Å². The lowest BCUT2D eigenvalue weighted by Gasteiger charge is -2.08. The zero-order valence-electron chi connectivity index (χ0n) is 11.1. The van der Waals surface area contributed by atoms with Crippen molar-refractivity contribution in [1.29, 1.82) is 0 Å². The van der Waals surface area contributed by atoms with Crippen LogP contribution in [0, 0.1) is 0 Å². The van der Waals surface area contributed by atoms with Crippen LogP contribution in [0.15, 0.2) is 66.7 Å². The fourth-order valence-corrected chi connectivity index (χ4v) is 2.41. The minimum Gasteiger partial charge on any atom is -0.382 e. The molecular weight excluding hydrogens is 230 g/mol. The van der Waals surface area contributed by atoms with Gasteiger partial charge in [0.15, 0.2) is 0 Å². The van der Waals surface area contributed by atoms with Crippen LogP contribution in [0.5, 0.6) is 0 Å². The Labute approximate surface area is 113 Å². The van der Waals surface area contributed by atoms with Crippen LogP contribution in [-0.2, 0) is 0 Å². The molecule has 3 rings (SSSR count). The van der Waals surface area contributed by atoms with Crippen molar-refractivity contribution in [3.63, 3.8) is 0 Å². The molecule has 0 radical (unpaired) electrons. The number of hydrogen-bond donors (Lipinski definition) is 1. The van der Waals surface area contributed by atoms with Gasteiger partial charge in [-0.1, -0.05) is 54.6 Å². The van der Waals surface area contributed by atoms with Gasteiger partial charge in [-0.15, -0.1) is 0 Å². The molecule has 0 bridgehead atoms. The number of fused-ring (bicyclic) bond motifs is 3. The van der Waals surface area contributed by atoms with Gasteiger partial charge in [0.05, 0.1) is 0 Å². The van der Waals surface area contributed by atoms with E-state index in [1.165, 1.54) is 27.2 Å². The van der Waals surface area contributed by atoms with E-state index in [0.717, 1.165) is 6.54 Å². The smallest absolute Gasteiger partial charge is 0.0349 e. The van der Waals surface area contributed by atoms with Gasteiger partial charge >= 0.3 is 0 Å². The first kappa shape index (κ1) is 11.8. The zero-order valence-corrected chi connectivity index (χ0v) is 11.1. The second-order valence-corrected chi connectivity index (χ2v) is 4.67. The van der Waals surface area contributed by atoms with E-state index >= 15 is 0 Å². The molecule has 0 heterocycles. The first-order valence-electron chi connectivity index (χ1n) is 6.65. The van der Waals surface area contributed by atoms with Crippen molar-refractivity contribution in [2.45, 2.75) is 6.92 Å². The van der Waals surface area contributed by atoms with Crippen molar-refractivity contribution in [2.75, 3.05) is 11.9 Å². The van der Waals surface area contributed by atoms with Gasteiger partial charge in [0.1, 0.15) is 0 Å². The van der Waals surface area contributed by atoms with Crippen LogP contribution in [0.4, 0.5) is 5.69 Å². The molecule has 1 N–H and O–H groups in total. The minimum absolute atomic E-state index is 0.868. The van der Waals surface area contributed by atoms with E-state index in [1.54, 1.807) is 0 Å². The summed E-state index contributed by atoms with van der Waals surface area (Å²) in [6.07, 6.45) is 4.18. The lowest BCUT2D eigenvalue weighted by Crippen LogP contribution is -1.97. The molecule has 3 aromatic rings. The second-order valence-electron chi connectivity index (χ2n) is 4.67. The number of benzene rings is 3. The molecule has 0 saturated heterocycles. The summed E-state index contributed by atoms with van der Waals surface area (Å²) in [6, 6.07) is 19.5. The molecule has 3 aromatic carbocycles. The van der Waals surface area contributed by atoms with Crippen molar-refractivity contribution in [3.8, 4) is 0 Å². The molecule has 0 atom stereocenters. The van der Waals surface area contributed by atoms with Gasteiger partial charge in [0.25, 0.3) is 0 Å². The van der Waals surface area contributed by atoms with E-state index in [-0.39, 0.29) is 0 Å². The molecule has 19 heavy (non-hydrogen) atoms. The van der Waals surface area contributed by atoms with E-state index in [2.05, 4.69) is 72.1 Å². The standard InChI is InChI=1S/C18H17N/c1-2-3-12-19-16-11-10-15-9-8-14-6-4-5-7-17(14)18(15)13-16/h2-11,13,19H,12H2,1H3. The van der Waals surface area contributed by atoms with Gasteiger partial charge in [-0.3, -0.25) is 0 Å². The zero-order chi connectivity index (χ0) is 13.1. The molecule has 0 aliphatic rings. The number of rotatable bonds is 3. The lowest BCUT2D eigenvalue weighted by molar-refractivity contribution is 1.33. The highest BCUT2D eigenvalue weighted by Gasteiger charge is 2.00. The van der Waals surface area contributed by atoms with Crippen LogP contribution in [-0.4, -0.2) is 6.54 Å². The maximum Gasteiger partial charge on any atom is 0.0349 e. The number of hydrogen-bond acceptors (Lipinski definition) is 1. The van der Waals surface area contributed by atoms with Gasteiger partial charge < -0.3 is 5.32 Å². The van der Waals surface area contributed by atoms with Gasteiger partial charge in [0, 0.05) is 12.2 Å². The highest BCUT2D eigenvalue weighted by atomic mass is 14.8. The number of nitrogens with one attached hydrogen (secondary N) is 1. The predicted molar refractivity (Wildman–Crippen MR) is 84.8 cm³/mol. The van der Waals surface area contributed by atoms with Gasteiger partial charge in [-0.25, -0.2) is 0 Å². The Hall–Kier alpha value is -2.28. The normalized spacial score (nSPS) is 11.4. The van der Waals surface area contributed by atoms with E-state index in [9.17, 15) is 0 Å². The molecule has 0 amide bonds. The van der Waals surface area contributed by atoms with Gasteiger partial charge in [-0.2, -0.15) is 0 Å². The molecule has 0 aliphatic heterocycles. The van der Waals surface area contributed by atoms with Crippen LogP contribution >= 0.6 is 0 Å². The first-order chi connectivity index (χ1) is 9.38. The minimum atomic E-state index is 0.868. The quantitative estimate of drug-likeness (QED) is 0.508. The Morgan fingerprint density at radius 1 is 0.895 bits per heavy atom. The third kappa shape index (κ3) is 2.32. The molecular formula is C18H17N. The average Bonchev–Trinajstić information content (AvgIpc) is 2.47. The highest BCUT2D eigenvalue weighted by Crippen LogP contribution is 2.27. The van der Waals surface area contributed by atoms with E-state index in [4.69, 9.17) is 0 Å². The molecule has 94 valence electrons. The Bertz CT molecular complexity index is 741. The summed E-state index contributed by atoms with van der Waals surface area (Å²) < 4.78 is 0. The predicted octanol–water partition coefficient (Wildman–Crippen LogP) is 4.98. The molecule has 0 spiro atoms. The summed E-state index contributed by atoms with van der Waals surface area (Å²) in [7, 11) is 0. The van der Waals surface area contributed by atoms with Crippen LogP contribution in [0.1, 0.15) is 6.92 Å². The maximum absolute atomic E-state index is 3.42. The van der Waals surface area contributed by atoms with Crippen LogP contribution in [0.25, 0.3) is 21.5 Å². The van der Waals surface area contributed by atoms with Crippen molar-refractivity contribution in [2.24, 2.45) is 0 Å². The first-order valence-corrected chi connectivity index (χ1v) is 6.65. The van der Waals surface area contributed by atoms with E-state index in [0.29, 0.717) is 0 Å². The van der Waals surface area contributed by atoms with E-state index in [1.807, 2.05) is 6.92 Å². The maximum atomic E-state index is 3.42. The average molecular weight is 247 g/mol. The molecule has 0 aliphatic carbocycles. The number of anilines is 1. The molecule has 0 fully saturated rings. The van der Waals surface area contributed by atoms with Gasteiger partial charge in [0.2, 0.25) is 0 Å². The van der Waals surface area contributed by atoms with Crippen LogP contribution < -0.4 is 5.32 Å². The van der Waals surface area contributed by atoms with Gasteiger partial charge in [-0.05, 0) is 40.6 Å². The Morgan fingerprint density at radius 3 is 2.47 bits per heavy atom. The van der Waals surface area contributed by atoms with Crippen LogP contribution in [0.2, 0.25) is 0 Å². The largest absolute Gasteiger partial charge is 0.382 e. The summed E-state index contributed by atoms with van der Waals surface area (Å²) in [5.74, 6) is 0. The molecule has 0 unspecified atom stereocenters. The third-order valence-electron chi connectivity index (χ3n) is 3.41. The summed E-state index contributed by atoms with van der Waals surface area (Å²) in [5.41, 5.74) is 1.17. The summed E-state index contributed by atoms with van der Waals surface area (Å²) in [6.45, 7) is 2.91. The van der Waals surface area contributed by atoms with Crippen molar-refractivity contribution < 1.29 is 0 Å². The van der Waals surface area contributed by atoms with Crippen molar-refractivity contribution in [1.82, 2.24) is 0 Å². The summed E-state index contributed by atoms with van der Waals surface area (Å²) in [4.78, 5) is 0. The SMILES string of the molecule is CC=CCNc1ccc2ccc3ccccc3c2c1. The Morgan fingerprint density at radius 2 is 1.63 bits per heavy atom. The molecule has 1 heteroatoms. The Kier molecular flexibility index (Phi) is 3.20. The summed E-state index contributed by atoms with van der Waals surface area (Å²) in [5, 5.41) is 8.62. The molecule has 1 nitrogen and oxygen atoms in total. The highest BCUT2D eigenvalue weighted by molar-refractivity contribution is 6.08. The summed E-state index contributed by atoms with van der Waals surface area (Å²) >= 11 is 0. The second kappa shape index (κ2) is 5.15. The van der Waals surface area contributed by atoms with E-state index < -0.39 is 0 Å². The third-order valence-corrected chi connectivity index (χ3v) is 3.41. The fourth-order valence-electron chi connectivity index (χ4n) is 2.41. The van der Waals surface area contributed by atoms with Crippen LogP contribution in [0.3, 0.4) is 0 Å². The monoisotopic (exact) mass is 247 g/mol. The van der Waals surface area contributed by atoms with Crippen molar-refractivity contribution in [3.05, 3.63) is 66.7 Å². The topological polar surface area (TPSA) is 12.0 Å². The number of allylic oxidation sites excluding steroid dienone is 1. The molecule has 0 saturated carbocycles. The Balaban J connectivity index is 2.11. The molecule has 0 aromatic heterocycles. The fraction of sp³-hybridized carbons (Fsp3) is 0.111. The lowest BCUT2D eigenvalue weighted by atomic mass is 10.0.